The van der Waals surface area contributed by atoms with E-state index in [0.29, 0.717) is 106 Å². The molecule has 15 heteroatoms. The van der Waals surface area contributed by atoms with Gasteiger partial charge < -0.3 is 16.2 Å². The van der Waals surface area contributed by atoms with Crippen LogP contribution >= 0.6 is 0 Å². The predicted molar refractivity (Wildman–Crippen MR) is 191 cm³/mol. The molecule has 0 heterocycles. The lowest BCUT2D eigenvalue weighted by Gasteiger charge is -2.36. The average Bonchev–Trinajstić information content (AvgIpc) is 3.17. The van der Waals surface area contributed by atoms with Crippen molar-refractivity contribution < 1.29 is 57.4 Å². The standard InChI is InChI=1S/C42H28F12N2O/c43-37(41(49,50)51,39(45,46)31-9-1-25(2-10-31)27-5-17-33(55)18-6-27)29-13-21-35(22-14-29)57-36-23-15-30(16-24-36)38(44,42(52,53)54)40(47,48)32-11-3-26(4-12-32)28-7-19-34(56)20-8-28/h1-24H,55-56H2. The molecule has 0 aliphatic heterocycles. The summed E-state index contributed by atoms with van der Waals surface area (Å²) in [6, 6.07) is 23.5. The van der Waals surface area contributed by atoms with Crippen LogP contribution in [0.3, 0.4) is 0 Å². The van der Waals surface area contributed by atoms with Gasteiger partial charge in [-0.15, -0.1) is 0 Å². The summed E-state index contributed by atoms with van der Waals surface area (Å²) in [5.41, 5.74) is -2.35. The SMILES string of the molecule is Nc1ccc(-c2ccc(C(F)(F)C(F)(c3ccc(Oc4ccc(C(F)(C(F)(F)F)C(F)(F)c5ccc(-c6ccc(N)cc6)cc5)cc4)cc3)C(F)(F)F)cc2)cc1. The summed E-state index contributed by atoms with van der Waals surface area (Å²) < 4.78 is 185. The molecule has 0 bridgehead atoms. The van der Waals surface area contributed by atoms with E-state index in [1.165, 1.54) is 24.3 Å². The van der Waals surface area contributed by atoms with Gasteiger partial charge in [-0.1, -0.05) is 97.1 Å². The van der Waals surface area contributed by atoms with Gasteiger partial charge in [0.25, 0.3) is 11.3 Å². The van der Waals surface area contributed by atoms with Crippen molar-refractivity contribution in [1.82, 2.24) is 0 Å². The molecule has 3 nitrogen and oxygen atoms in total. The Morgan fingerprint density at radius 3 is 0.772 bits per heavy atom. The van der Waals surface area contributed by atoms with Crippen LogP contribution in [-0.4, -0.2) is 12.4 Å². The number of benzene rings is 6. The predicted octanol–water partition coefficient (Wildman–Crippen LogP) is 13.0. The molecular weight excluding hydrogens is 776 g/mol. The first-order chi connectivity index (χ1) is 26.6. The third kappa shape index (κ3) is 7.22. The van der Waals surface area contributed by atoms with Crippen LogP contribution in [0.5, 0.6) is 11.5 Å². The van der Waals surface area contributed by atoms with Crippen LogP contribution in [0, 0.1) is 0 Å². The van der Waals surface area contributed by atoms with Crippen LogP contribution in [0.1, 0.15) is 22.3 Å². The molecule has 4 N–H and O–H groups in total. The van der Waals surface area contributed by atoms with E-state index in [4.69, 9.17) is 16.2 Å². The second-order valence-electron chi connectivity index (χ2n) is 13.0. The lowest BCUT2D eigenvalue weighted by atomic mass is 9.84. The Bertz CT molecular complexity index is 2140. The Balaban J connectivity index is 1.23. The Kier molecular flexibility index (Phi) is 10.3. The topological polar surface area (TPSA) is 61.3 Å². The number of anilines is 2. The summed E-state index contributed by atoms with van der Waals surface area (Å²) >= 11 is 0. The van der Waals surface area contributed by atoms with Crippen LogP contribution in [0.25, 0.3) is 22.3 Å². The molecule has 6 aromatic rings. The second-order valence-corrected chi connectivity index (χ2v) is 13.0. The maximum absolute atomic E-state index is 16.0. The molecule has 0 saturated heterocycles. The van der Waals surface area contributed by atoms with Gasteiger partial charge in [0.05, 0.1) is 0 Å². The van der Waals surface area contributed by atoms with Crippen molar-refractivity contribution >= 4 is 11.4 Å². The van der Waals surface area contributed by atoms with Crippen molar-refractivity contribution in [2.24, 2.45) is 0 Å². The summed E-state index contributed by atoms with van der Waals surface area (Å²) in [6.07, 6.45) is -12.3. The Morgan fingerprint density at radius 1 is 0.298 bits per heavy atom. The summed E-state index contributed by atoms with van der Waals surface area (Å²) in [5, 5.41) is 0. The molecule has 0 aliphatic carbocycles. The number of alkyl halides is 12. The third-order valence-electron chi connectivity index (χ3n) is 9.37. The van der Waals surface area contributed by atoms with Crippen molar-refractivity contribution in [3.8, 4) is 33.8 Å². The monoisotopic (exact) mass is 804 g/mol. The highest BCUT2D eigenvalue weighted by molar-refractivity contribution is 5.67. The number of nitrogen functional groups attached to an aromatic ring is 2. The number of halogens is 12. The van der Waals surface area contributed by atoms with Crippen molar-refractivity contribution in [3.63, 3.8) is 0 Å². The molecule has 2 unspecified atom stereocenters. The van der Waals surface area contributed by atoms with E-state index in [2.05, 4.69) is 0 Å². The van der Waals surface area contributed by atoms with Gasteiger partial charge in [0.2, 0.25) is 0 Å². The van der Waals surface area contributed by atoms with E-state index < -0.39 is 69.3 Å². The summed E-state index contributed by atoms with van der Waals surface area (Å²) in [6.45, 7) is 0. The first kappa shape index (κ1) is 40.5. The Hall–Kier alpha value is -6.12. The number of hydrogen-bond acceptors (Lipinski definition) is 3. The highest BCUT2D eigenvalue weighted by Gasteiger charge is 2.73. The van der Waals surface area contributed by atoms with Crippen molar-refractivity contribution in [3.05, 3.63) is 168 Å². The largest absolute Gasteiger partial charge is 0.457 e. The molecule has 0 saturated carbocycles. The minimum absolute atomic E-state index is 0.338. The molecule has 0 amide bonds. The van der Waals surface area contributed by atoms with Gasteiger partial charge in [0.1, 0.15) is 11.5 Å². The highest BCUT2D eigenvalue weighted by Crippen LogP contribution is 2.59. The van der Waals surface area contributed by atoms with Crippen LogP contribution in [-0.2, 0) is 23.2 Å². The normalized spacial score (nSPS) is 14.7. The molecule has 0 spiro atoms. The summed E-state index contributed by atoms with van der Waals surface area (Å²) in [7, 11) is 0. The van der Waals surface area contributed by atoms with Crippen molar-refractivity contribution in [1.29, 1.82) is 0 Å². The lowest BCUT2D eigenvalue weighted by Crippen LogP contribution is -2.51. The molecule has 0 aliphatic rings. The van der Waals surface area contributed by atoms with Gasteiger partial charge in [-0.3, -0.25) is 0 Å². The third-order valence-corrected chi connectivity index (χ3v) is 9.37. The van der Waals surface area contributed by atoms with Crippen LogP contribution < -0.4 is 16.2 Å². The molecular formula is C42H28F12N2O. The number of ether oxygens (including phenoxy) is 1. The molecule has 57 heavy (non-hydrogen) atoms. The highest BCUT2D eigenvalue weighted by atomic mass is 19.4. The van der Waals surface area contributed by atoms with Crippen LogP contribution in [0.15, 0.2) is 146 Å². The molecule has 0 radical (unpaired) electrons. The van der Waals surface area contributed by atoms with Crippen molar-refractivity contribution in [2.45, 2.75) is 35.5 Å². The fourth-order valence-corrected chi connectivity index (χ4v) is 6.18. The quantitative estimate of drug-likeness (QED) is 0.107. The second kappa shape index (κ2) is 14.4. The zero-order valence-electron chi connectivity index (χ0n) is 29.0. The van der Waals surface area contributed by atoms with E-state index in [0.717, 1.165) is 24.3 Å². The smallest absolute Gasteiger partial charge is 0.433 e. The lowest BCUT2D eigenvalue weighted by molar-refractivity contribution is -0.315. The fraction of sp³-hybridized carbons (Fsp3) is 0.143. The van der Waals surface area contributed by atoms with E-state index in [1.54, 1.807) is 24.3 Å². The fourth-order valence-electron chi connectivity index (χ4n) is 6.18. The minimum atomic E-state index is -6.15. The summed E-state index contributed by atoms with van der Waals surface area (Å²) in [5.74, 6) is -11.2. The summed E-state index contributed by atoms with van der Waals surface area (Å²) in [4.78, 5) is 0. The van der Waals surface area contributed by atoms with E-state index >= 15 is 26.3 Å². The van der Waals surface area contributed by atoms with Gasteiger partial charge in [-0.05, 0) is 70.8 Å². The Labute approximate surface area is 317 Å². The minimum Gasteiger partial charge on any atom is -0.457 e. The van der Waals surface area contributed by atoms with Gasteiger partial charge in [0, 0.05) is 33.6 Å². The molecule has 6 aromatic carbocycles. The number of nitrogens with two attached hydrogens (primary N) is 2. The molecule has 0 aromatic heterocycles. The van der Waals surface area contributed by atoms with Gasteiger partial charge >= 0.3 is 24.2 Å². The van der Waals surface area contributed by atoms with Gasteiger partial charge in [-0.2, -0.15) is 43.9 Å². The number of rotatable bonds is 10. The molecule has 2 atom stereocenters. The molecule has 0 fully saturated rings. The van der Waals surface area contributed by atoms with E-state index in [-0.39, 0.29) is 0 Å². The van der Waals surface area contributed by atoms with Crippen LogP contribution in [0.2, 0.25) is 0 Å². The maximum Gasteiger partial charge on any atom is 0.433 e. The van der Waals surface area contributed by atoms with Gasteiger partial charge in [-0.25, -0.2) is 8.78 Å². The zero-order valence-corrected chi connectivity index (χ0v) is 29.0. The average molecular weight is 805 g/mol. The van der Waals surface area contributed by atoms with Crippen LogP contribution in [0.4, 0.5) is 64.1 Å². The van der Waals surface area contributed by atoms with E-state index in [9.17, 15) is 26.3 Å². The van der Waals surface area contributed by atoms with E-state index in [1.807, 2.05) is 0 Å². The Morgan fingerprint density at radius 2 is 0.526 bits per heavy atom. The van der Waals surface area contributed by atoms with Gasteiger partial charge in [0.15, 0.2) is 0 Å². The first-order valence-electron chi connectivity index (χ1n) is 16.7. The maximum atomic E-state index is 16.0. The van der Waals surface area contributed by atoms with Crippen molar-refractivity contribution in [2.75, 3.05) is 11.5 Å². The molecule has 6 rings (SSSR count). The zero-order chi connectivity index (χ0) is 41.6. The molecule has 296 valence electrons. The first-order valence-corrected chi connectivity index (χ1v) is 16.7. The number of hydrogen-bond donors (Lipinski definition) is 2.